The first kappa shape index (κ1) is 34.3. The molecular weight excluding hydrogens is 538 g/mol. The van der Waals surface area contributed by atoms with Crippen LogP contribution in [-0.4, -0.2) is 89.3 Å². The fraction of sp³-hybridized carbons (Fsp3) is 0.758. The summed E-state index contributed by atoms with van der Waals surface area (Å²) in [5.74, 6) is -2.37. The summed E-state index contributed by atoms with van der Waals surface area (Å²) >= 11 is 0. The van der Waals surface area contributed by atoms with Crippen molar-refractivity contribution >= 4 is 12.3 Å². The molecule has 1 heterocycles. The maximum atomic E-state index is 13.1. The van der Waals surface area contributed by atoms with Gasteiger partial charge in [-0.3, -0.25) is 0 Å². The molecule has 0 aromatic carbocycles. The predicted molar refractivity (Wildman–Crippen MR) is 160 cm³/mol. The Kier molecular flexibility index (Phi) is 11.1. The molecule has 0 spiro atoms. The fourth-order valence-corrected chi connectivity index (χ4v) is 8.27. The second-order valence-electron chi connectivity index (χ2n) is 13.4. The number of likely N-dealkylation sites (tertiary alicyclic amines) is 1. The van der Waals surface area contributed by atoms with Crippen LogP contribution < -0.4 is 0 Å². The van der Waals surface area contributed by atoms with Gasteiger partial charge in [0.2, 0.25) is 0 Å². The molecule has 0 amide bonds. The van der Waals surface area contributed by atoms with Crippen LogP contribution in [0.15, 0.2) is 35.3 Å². The maximum absolute atomic E-state index is 13.1. The molecular formula is C33H53NO8. The highest BCUT2D eigenvalue weighted by Crippen LogP contribution is 2.73. The number of aliphatic hydroxyl groups excluding tert-OH is 3. The van der Waals surface area contributed by atoms with E-state index in [-0.39, 0.29) is 42.1 Å². The van der Waals surface area contributed by atoms with Crippen LogP contribution in [0.5, 0.6) is 0 Å². The van der Waals surface area contributed by atoms with Crippen molar-refractivity contribution < 1.29 is 39.5 Å². The summed E-state index contributed by atoms with van der Waals surface area (Å²) in [6, 6.07) is 0. The number of hydrogen-bond donors (Lipinski definition) is 4. The molecule has 3 aliphatic carbocycles. The Hall–Kier alpha value is -2.20. The molecule has 42 heavy (non-hydrogen) atoms. The highest BCUT2D eigenvalue weighted by atomic mass is 16.5. The second kappa shape index (κ2) is 13.6. The number of carbonyl (C=O) groups excluding carboxylic acids is 2. The second-order valence-corrected chi connectivity index (χ2v) is 13.4. The third-order valence-electron chi connectivity index (χ3n) is 10.4. The van der Waals surface area contributed by atoms with Gasteiger partial charge in [0, 0.05) is 62.7 Å². The SMILES string of the molecule is C/C=C(\C)C(=O)OC1C2[C@H](C3CC(CO)C(O)C(O)(C=O)C(C=C(C)C)C3[C@@H]1C)C2(C)/C=C(\O)N1CCCC1.COC. The van der Waals surface area contributed by atoms with Crippen molar-refractivity contribution in [3.05, 3.63) is 35.3 Å². The van der Waals surface area contributed by atoms with E-state index in [2.05, 4.69) is 11.7 Å². The topological polar surface area (TPSA) is 137 Å². The monoisotopic (exact) mass is 591 g/mol. The van der Waals surface area contributed by atoms with Crippen molar-refractivity contribution in [1.29, 1.82) is 0 Å². The van der Waals surface area contributed by atoms with Gasteiger partial charge in [0.15, 0.2) is 17.8 Å². The Morgan fingerprint density at radius 3 is 2.21 bits per heavy atom. The highest BCUT2D eigenvalue weighted by molar-refractivity contribution is 5.87. The molecule has 4 rings (SSSR count). The van der Waals surface area contributed by atoms with Crippen molar-refractivity contribution in [3.63, 3.8) is 0 Å². The third-order valence-corrected chi connectivity index (χ3v) is 10.4. The Balaban J connectivity index is 0.00000155. The van der Waals surface area contributed by atoms with Crippen LogP contribution in [0.25, 0.3) is 0 Å². The van der Waals surface area contributed by atoms with Gasteiger partial charge in [-0.2, -0.15) is 0 Å². The lowest BCUT2D eigenvalue weighted by Crippen LogP contribution is -2.56. The number of allylic oxidation sites excluding steroid dienone is 3. The van der Waals surface area contributed by atoms with Crippen molar-refractivity contribution in [1.82, 2.24) is 4.90 Å². The summed E-state index contributed by atoms with van der Waals surface area (Å²) in [5.41, 5.74) is -1.20. The summed E-state index contributed by atoms with van der Waals surface area (Å²) < 4.78 is 10.5. The van der Waals surface area contributed by atoms with Gasteiger partial charge < -0.3 is 39.6 Å². The average Bonchev–Trinajstić information content (AvgIpc) is 3.28. The van der Waals surface area contributed by atoms with Crippen molar-refractivity contribution in [2.24, 2.45) is 46.8 Å². The standard InChI is InChI=1S/C31H47NO7.C2H6O/c1-7-18(4)29(37)39-27-19(5)24-21(25-26(27)30(25,6)14-23(35)32-10-8-9-11-32)13-20(15-33)28(36)31(38,16-34)22(24)12-17(2)3;1-3-2/h7,12,14,16,19-22,24-28,33,35-36,38H,8-11,13,15H2,1-6H3;1-2H3/b18-7+,23-14-;/t19-,20?,21?,22?,24?,25-,26?,27?,28?,30?,31?;/m0./s1. The number of nitrogens with zero attached hydrogens (tertiary/aromatic N) is 1. The first-order valence-electron chi connectivity index (χ1n) is 15.3. The molecule has 238 valence electrons. The van der Waals surface area contributed by atoms with Crippen molar-refractivity contribution in [3.8, 4) is 0 Å². The number of aliphatic hydroxyl groups is 4. The zero-order valence-electron chi connectivity index (χ0n) is 26.6. The minimum Gasteiger partial charge on any atom is -0.495 e. The van der Waals surface area contributed by atoms with E-state index in [1.54, 1.807) is 34.1 Å². The molecule has 9 heteroatoms. The minimum absolute atomic E-state index is 0.0320. The first-order chi connectivity index (χ1) is 19.8. The number of fused-ring (bicyclic) bond motifs is 3. The molecule has 1 saturated heterocycles. The minimum atomic E-state index is -2.10. The van der Waals surface area contributed by atoms with Crippen LogP contribution in [-0.2, 0) is 19.1 Å². The zero-order valence-corrected chi connectivity index (χ0v) is 26.6. The average molecular weight is 592 g/mol. The van der Waals surface area contributed by atoms with E-state index in [4.69, 9.17) is 4.74 Å². The maximum Gasteiger partial charge on any atom is 0.333 e. The zero-order chi connectivity index (χ0) is 31.6. The normalized spacial score (nSPS) is 41.4. The van der Waals surface area contributed by atoms with E-state index in [9.17, 15) is 30.0 Å². The van der Waals surface area contributed by atoms with Gasteiger partial charge in [0.1, 0.15) is 6.10 Å². The lowest BCUT2D eigenvalue weighted by Gasteiger charge is -2.46. The number of methoxy groups -OCH3 is 1. The van der Waals surface area contributed by atoms with Gasteiger partial charge in [-0.1, -0.05) is 31.6 Å². The van der Waals surface area contributed by atoms with E-state index in [0.29, 0.717) is 18.3 Å². The van der Waals surface area contributed by atoms with Crippen LogP contribution in [0.2, 0.25) is 0 Å². The Bertz CT molecular complexity index is 1060. The molecule has 4 fully saturated rings. The molecule has 4 aliphatic rings. The molecule has 0 aromatic heterocycles. The molecule has 3 saturated carbocycles. The van der Waals surface area contributed by atoms with Crippen LogP contribution in [0.4, 0.5) is 0 Å². The predicted octanol–water partition coefficient (Wildman–Crippen LogP) is 3.64. The quantitative estimate of drug-likeness (QED) is 0.115. The van der Waals surface area contributed by atoms with E-state index in [1.807, 2.05) is 37.8 Å². The fourth-order valence-electron chi connectivity index (χ4n) is 8.27. The molecule has 9 nitrogen and oxygen atoms in total. The van der Waals surface area contributed by atoms with Gasteiger partial charge in [0.05, 0.1) is 6.10 Å². The van der Waals surface area contributed by atoms with Gasteiger partial charge in [-0.15, -0.1) is 0 Å². The number of rotatable bonds is 7. The van der Waals surface area contributed by atoms with E-state index in [1.165, 1.54) is 0 Å². The van der Waals surface area contributed by atoms with Gasteiger partial charge >= 0.3 is 5.97 Å². The van der Waals surface area contributed by atoms with Crippen LogP contribution in [0.1, 0.15) is 60.8 Å². The summed E-state index contributed by atoms with van der Waals surface area (Å²) in [7, 11) is 3.25. The first-order valence-corrected chi connectivity index (χ1v) is 15.3. The van der Waals surface area contributed by atoms with E-state index < -0.39 is 41.0 Å². The molecule has 4 N–H and O–H groups in total. The molecule has 0 radical (unpaired) electrons. The van der Waals surface area contributed by atoms with E-state index in [0.717, 1.165) is 31.5 Å². The lowest BCUT2D eigenvalue weighted by molar-refractivity contribution is -0.164. The third kappa shape index (κ3) is 6.21. The van der Waals surface area contributed by atoms with Crippen LogP contribution in [0.3, 0.4) is 0 Å². The van der Waals surface area contributed by atoms with Crippen molar-refractivity contribution in [2.45, 2.75) is 78.6 Å². The number of esters is 1. The molecule has 11 atom stereocenters. The molecule has 0 aromatic rings. The van der Waals surface area contributed by atoms with Gasteiger partial charge in [0.25, 0.3) is 0 Å². The number of aldehydes is 1. The van der Waals surface area contributed by atoms with Crippen LogP contribution in [0, 0.1) is 46.8 Å². The Morgan fingerprint density at radius 2 is 1.71 bits per heavy atom. The smallest absolute Gasteiger partial charge is 0.333 e. The van der Waals surface area contributed by atoms with Gasteiger partial charge in [-0.05, 0) is 76.7 Å². The molecule has 9 unspecified atom stereocenters. The Labute approximate surface area is 251 Å². The summed E-state index contributed by atoms with van der Waals surface area (Å²) in [6.07, 6.45) is 6.43. The van der Waals surface area contributed by atoms with E-state index >= 15 is 0 Å². The lowest BCUT2D eigenvalue weighted by atomic mass is 9.62. The molecule has 1 aliphatic heterocycles. The summed E-state index contributed by atoms with van der Waals surface area (Å²) in [6.45, 7) is 12.6. The number of carbonyl (C=O) groups is 2. The van der Waals surface area contributed by atoms with Gasteiger partial charge in [-0.25, -0.2) is 4.79 Å². The molecule has 0 bridgehead atoms. The largest absolute Gasteiger partial charge is 0.495 e. The number of hydrogen-bond acceptors (Lipinski definition) is 9. The summed E-state index contributed by atoms with van der Waals surface area (Å²) in [5, 5.41) is 44.4. The Morgan fingerprint density at radius 1 is 1.12 bits per heavy atom. The van der Waals surface area contributed by atoms with Crippen LogP contribution >= 0.6 is 0 Å². The van der Waals surface area contributed by atoms with Crippen molar-refractivity contribution in [2.75, 3.05) is 33.9 Å². The summed E-state index contributed by atoms with van der Waals surface area (Å²) in [4.78, 5) is 27.6. The number of ether oxygens (including phenoxy) is 2. The highest BCUT2D eigenvalue weighted by Gasteiger charge is 2.74.